The molecule has 1 aliphatic heterocycles. The van der Waals surface area contributed by atoms with Crippen molar-refractivity contribution < 1.29 is 9.59 Å². The van der Waals surface area contributed by atoms with Crippen LogP contribution < -0.4 is 10.2 Å². The molecule has 1 saturated carbocycles. The average Bonchev–Trinajstić information content (AvgIpc) is 3.42. The third kappa shape index (κ3) is 3.80. The van der Waals surface area contributed by atoms with Gasteiger partial charge in [-0.3, -0.25) is 9.59 Å². The second-order valence-corrected chi connectivity index (χ2v) is 7.27. The van der Waals surface area contributed by atoms with E-state index in [1.807, 2.05) is 11.8 Å². The summed E-state index contributed by atoms with van der Waals surface area (Å²) in [4.78, 5) is 28.9. The van der Waals surface area contributed by atoms with E-state index in [-0.39, 0.29) is 23.7 Å². The number of hydrogen-bond acceptors (Lipinski definition) is 3. The Morgan fingerprint density at radius 1 is 1.12 bits per heavy atom. The van der Waals surface area contributed by atoms with Gasteiger partial charge in [0, 0.05) is 38.4 Å². The van der Waals surface area contributed by atoms with Gasteiger partial charge in [0.1, 0.15) is 0 Å². The van der Waals surface area contributed by atoms with Gasteiger partial charge in [-0.2, -0.15) is 0 Å². The molecule has 0 aromatic heterocycles. The Morgan fingerprint density at radius 2 is 1.84 bits per heavy atom. The highest BCUT2D eigenvalue weighted by Gasteiger charge is 2.49. The fourth-order valence-corrected chi connectivity index (χ4v) is 3.62. The standard InChI is InChI=1S/C20H29N3O2/c1-4-8-21-19(24)16-13-17(16)20(25)23-11-9-22(10-12-23)18-7-5-6-14(2)15(18)3/h5-7,16-17H,4,8-13H2,1-3H3,(H,21,24). The van der Waals surface area contributed by atoms with Gasteiger partial charge in [-0.05, 0) is 43.9 Å². The topological polar surface area (TPSA) is 52.7 Å². The minimum Gasteiger partial charge on any atom is -0.368 e. The summed E-state index contributed by atoms with van der Waals surface area (Å²) in [7, 11) is 0. The van der Waals surface area contributed by atoms with Crippen LogP contribution in [0.4, 0.5) is 5.69 Å². The summed E-state index contributed by atoms with van der Waals surface area (Å²) in [6, 6.07) is 6.39. The fraction of sp³-hybridized carbons (Fsp3) is 0.600. The van der Waals surface area contributed by atoms with Crippen molar-refractivity contribution in [1.82, 2.24) is 10.2 Å². The van der Waals surface area contributed by atoms with Crippen LogP contribution in [0.5, 0.6) is 0 Å². The number of carbonyl (C=O) groups excluding carboxylic acids is 2. The maximum atomic E-state index is 12.6. The van der Waals surface area contributed by atoms with Crippen LogP contribution in [0.1, 0.15) is 30.9 Å². The third-order valence-corrected chi connectivity index (χ3v) is 5.50. The van der Waals surface area contributed by atoms with Gasteiger partial charge in [-0.25, -0.2) is 0 Å². The van der Waals surface area contributed by atoms with Gasteiger partial charge in [-0.1, -0.05) is 19.1 Å². The van der Waals surface area contributed by atoms with E-state index in [1.54, 1.807) is 0 Å². The number of amides is 2. The van der Waals surface area contributed by atoms with Crippen molar-refractivity contribution in [1.29, 1.82) is 0 Å². The molecular weight excluding hydrogens is 314 g/mol. The summed E-state index contributed by atoms with van der Waals surface area (Å²) >= 11 is 0. The van der Waals surface area contributed by atoms with E-state index in [0.717, 1.165) is 32.6 Å². The number of rotatable bonds is 5. The largest absolute Gasteiger partial charge is 0.368 e. The van der Waals surface area contributed by atoms with Crippen molar-refractivity contribution in [2.45, 2.75) is 33.6 Å². The summed E-state index contributed by atoms with van der Waals surface area (Å²) in [6.07, 6.45) is 1.64. The smallest absolute Gasteiger partial charge is 0.226 e. The molecular formula is C20H29N3O2. The quantitative estimate of drug-likeness (QED) is 0.891. The number of carbonyl (C=O) groups is 2. The molecule has 25 heavy (non-hydrogen) atoms. The average molecular weight is 343 g/mol. The maximum Gasteiger partial charge on any atom is 0.226 e. The van der Waals surface area contributed by atoms with Crippen molar-refractivity contribution in [3.63, 3.8) is 0 Å². The fourth-order valence-electron chi connectivity index (χ4n) is 3.62. The Balaban J connectivity index is 1.52. The Kier molecular flexibility index (Phi) is 5.30. The second-order valence-electron chi connectivity index (χ2n) is 7.27. The molecule has 2 fully saturated rings. The summed E-state index contributed by atoms with van der Waals surface area (Å²) < 4.78 is 0. The molecule has 1 N–H and O–H groups in total. The van der Waals surface area contributed by atoms with E-state index in [1.165, 1.54) is 16.8 Å². The summed E-state index contributed by atoms with van der Waals surface area (Å²) in [5, 5.41) is 2.90. The minimum atomic E-state index is -0.101. The summed E-state index contributed by atoms with van der Waals surface area (Å²) in [5.74, 6) is 0.0201. The highest BCUT2D eigenvalue weighted by molar-refractivity contribution is 5.92. The van der Waals surface area contributed by atoms with Gasteiger partial charge in [0.2, 0.25) is 11.8 Å². The molecule has 0 radical (unpaired) electrons. The Labute approximate surface area is 150 Å². The van der Waals surface area contributed by atoms with Gasteiger partial charge in [0.15, 0.2) is 0 Å². The van der Waals surface area contributed by atoms with Crippen LogP contribution in [-0.4, -0.2) is 49.4 Å². The first-order valence-electron chi connectivity index (χ1n) is 9.40. The predicted octanol–water partition coefficient (Wildman–Crippen LogP) is 2.11. The minimum absolute atomic E-state index is 0.0502. The second kappa shape index (κ2) is 7.46. The molecule has 1 heterocycles. The zero-order valence-electron chi connectivity index (χ0n) is 15.5. The third-order valence-electron chi connectivity index (χ3n) is 5.50. The number of aryl methyl sites for hydroxylation is 1. The van der Waals surface area contributed by atoms with Crippen molar-refractivity contribution in [3.8, 4) is 0 Å². The van der Waals surface area contributed by atoms with Gasteiger partial charge < -0.3 is 15.1 Å². The highest BCUT2D eigenvalue weighted by atomic mass is 16.2. The number of nitrogens with zero attached hydrogens (tertiary/aromatic N) is 2. The lowest BCUT2D eigenvalue weighted by Crippen LogP contribution is -2.49. The molecule has 136 valence electrons. The molecule has 1 aromatic rings. The van der Waals surface area contributed by atoms with E-state index in [0.29, 0.717) is 13.0 Å². The van der Waals surface area contributed by atoms with Crippen LogP contribution in [0.3, 0.4) is 0 Å². The molecule has 3 rings (SSSR count). The molecule has 2 amide bonds. The maximum absolute atomic E-state index is 12.6. The molecule has 1 aliphatic carbocycles. The van der Waals surface area contributed by atoms with Crippen molar-refractivity contribution in [3.05, 3.63) is 29.3 Å². The monoisotopic (exact) mass is 343 g/mol. The van der Waals surface area contributed by atoms with Crippen molar-refractivity contribution in [2.24, 2.45) is 11.8 Å². The Bertz CT molecular complexity index is 650. The molecule has 1 aromatic carbocycles. The molecule has 5 heteroatoms. The van der Waals surface area contributed by atoms with Gasteiger partial charge >= 0.3 is 0 Å². The molecule has 1 saturated heterocycles. The number of anilines is 1. The first kappa shape index (κ1) is 17.8. The lowest BCUT2D eigenvalue weighted by Gasteiger charge is -2.37. The van der Waals surface area contributed by atoms with E-state index in [9.17, 15) is 9.59 Å². The molecule has 2 unspecified atom stereocenters. The predicted molar refractivity (Wildman–Crippen MR) is 99.6 cm³/mol. The Hall–Kier alpha value is -2.04. The van der Waals surface area contributed by atoms with Crippen LogP contribution in [0.2, 0.25) is 0 Å². The lowest BCUT2D eigenvalue weighted by molar-refractivity contribution is -0.135. The summed E-state index contributed by atoms with van der Waals surface area (Å²) in [5.41, 5.74) is 3.89. The number of benzene rings is 1. The molecule has 5 nitrogen and oxygen atoms in total. The lowest BCUT2D eigenvalue weighted by atomic mass is 10.1. The van der Waals surface area contributed by atoms with E-state index >= 15 is 0 Å². The van der Waals surface area contributed by atoms with Crippen molar-refractivity contribution >= 4 is 17.5 Å². The number of hydrogen-bond donors (Lipinski definition) is 1. The van der Waals surface area contributed by atoms with Crippen LogP contribution in [-0.2, 0) is 9.59 Å². The van der Waals surface area contributed by atoms with E-state index in [4.69, 9.17) is 0 Å². The molecule has 2 aliphatic rings. The molecule has 2 atom stereocenters. The number of nitrogens with one attached hydrogen (secondary N) is 1. The van der Waals surface area contributed by atoms with Crippen molar-refractivity contribution in [2.75, 3.05) is 37.6 Å². The van der Waals surface area contributed by atoms with Gasteiger partial charge in [0.25, 0.3) is 0 Å². The van der Waals surface area contributed by atoms with Gasteiger partial charge in [0.05, 0.1) is 11.8 Å². The number of piperazine rings is 1. The summed E-state index contributed by atoms with van der Waals surface area (Å²) in [6.45, 7) is 10.2. The van der Waals surface area contributed by atoms with Crippen LogP contribution in [0.25, 0.3) is 0 Å². The van der Waals surface area contributed by atoms with Crippen LogP contribution >= 0.6 is 0 Å². The molecule has 0 spiro atoms. The normalized spacial score (nSPS) is 22.7. The first-order chi connectivity index (χ1) is 12.0. The van der Waals surface area contributed by atoms with Crippen LogP contribution in [0, 0.1) is 25.7 Å². The van der Waals surface area contributed by atoms with Crippen LogP contribution in [0.15, 0.2) is 18.2 Å². The zero-order valence-corrected chi connectivity index (χ0v) is 15.5. The zero-order chi connectivity index (χ0) is 18.0. The highest BCUT2D eigenvalue weighted by Crippen LogP contribution is 2.40. The van der Waals surface area contributed by atoms with E-state index < -0.39 is 0 Å². The SMILES string of the molecule is CCCNC(=O)C1CC1C(=O)N1CCN(c2cccc(C)c2C)CC1. The first-order valence-corrected chi connectivity index (χ1v) is 9.40. The van der Waals surface area contributed by atoms with E-state index in [2.05, 4.69) is 42.3 Å². The Morgan fingerprint density at radius 3 is 2.52 bits per heavy atom. The molecule has 0 bridgehead atoms. The van der Waals surface area contributed by atoms with Gasteiger partial charge in [-0.15, -0.1) is 0 Å².